The summed E-state index contributed by atoms with van der Waals surface area (Å²) in [5.74, 6) is 0.0702. The third-order valence-electron chi connectivity index (χ3n) is 10.9. The summed E-state index contributed by atoms with van der Waals surface area (Å²) in [5.41, 5.74) is 16.1. The van der Waals surface area contributed by atoms with E-state index >= 15 is 0 Å². The van der Waals surface area contributed by atoms with E-state index in [2.05, 4.69) is 236 Å². The van der Waals surface area contributed by atoms with Crippen LogP contribution in [-0.4, -0.2) is 4.57 Å². The van der Waals surface area contributed by atoms with Gasteiger partial charge in [-0.25, -0.2) is 0 Å². The van der Waals surface area contributed by atoms with Crippen LogP contribution in [0.15, 0.2) is 224 Å². The Kier molecular flexibility index (Phi) is 9.81. The molecule has 0 radical (unpaired) electrons. The monoisotopic (exact) mass is 717 g/mol. The maximum absolute atomic E-state index is 2.39. The van der Waals surface area contributed by atoms with Gasteiger partial charge in [0.15, 0.2) is 0 Å². The zero-order valence-electron chi connectivity index (χ0n) is 31.6. The molecule has 1 heterocycles. The van der Waals surface area contributed by atoms with Crippen LogP contribution >= 0.6 is 0 Å². The highest BCUT2D eigenvalue weighted by Crippen LogP contribution is 2.37. The van der Waals surface area contributed by atoms with Gasteiger partial charge >= 0.3 is 0 Å². The van der Waals surface area contributed by atoms with E-state index in [9.17, 15) is 0 Å². The van der Waals surface area contributed by atoms with Gasteiger partial charge in [-0.2, -0.15) is 0 Å². The van der Waals surface area contributed by atoms with E-state index in [0.29, 0.717) is 0 Å². The lowest BCUT2D eigenvalue weighted by Gasteiger charge is -2.21. The molecule has 0 spiro atoms. The van der Waals surface area contributed by atoms with E-state index in [1.54, 1.807) is 0 Å². The van der Waals surface area contributed by atoms with E-state index < -0.39 is 0 Å². The first-order chi connectivity index (χ1) is 27.7. The predicted molar refractivity (Wildman–Crippen MR) is 238 cm³/mol. The van der Waals surface area contributed by atoms with E-state index in [4.69, 9.17) is 0 Å². The summed E-state index contributed by atoms with van der Waals surface area (Å²) in [6, 6.07) is 75.0. The molecule has 0 aliphatic rings. The van der Waals surface area contributed by atoms with Crippen LogP contribution in [0, 0.1) is 0 Å². The minimum Gasteiger partial charge on any atom is -0.309 e. The van der Waals surface area contributed by atoms with Crippen LogP contribution in [0.4, 0.5) is 0 Å². The number of hydrogen-bond donors (Lipinski definition) is 0. The molecule has 9 aromatic rings. The molecule has 56 heavy (non-hydrogen) atoms. The molecule has 0 saturated heterocycles. The summed E-state index contributed by atoms with van der Waals surface area (Å²) in [4.78, 5) is 0. The Balaban J connectivity index is 1.08. The molecule has 0 aliphatic carbocycles. The Bertz CT molecular complexity index is 2700. The summed E-state index contributed by atoms with van der Waals surface area (Å²) in [7, 11) is 0. The second-order valence-corrected chi connectivity index (χ2v) is 14.4. The molecule has 0 N–H and O–H groups in total. The van der Waals surface area contributed by atoms with Gasteiger partial charge in [-0.3, -0.25) is 0 Å². The fourth-order valence-electron chi connectivity index (χ4n) is 8.16. The summed E-state index contributed by atoms with van der Waals surface area (Å²) in [6.07, 6.45) is 7.61. The van der Waals surface area contributed by atoms with Crippen molar-refractivity contribution in [2.75, 3.05) is 0 Å². The smallest absolute Gasteiger partial charge is 0.0541 e. The lowest BCUT2D eigenvalue weighted by atomic mass is 9.83. The fraction of sp³-hybridized carbons (Fsp3) is 0.0545. The van der Waals surface area contributed by atoms with Crippen LogP contribution in [0.25, 0.3) is 55.3 Å². The molecule has 0 amide bonds. The number of rotatable bonds is 10. The van der Waals surface area contributed by atoms with Crippen molar-refractivity contribution < 1.29 is 0 Å². The van der Waals surface area contributed by atoms with Crippen LogP contribution in [-0.2, 0) is 6.42 Å². The van der Waals surface area contributed by atoms with Crippen molar-refractivity contribution in [1.29, 1.82) is 0 Å². The van der Waals surface area contributed by atoms with E-state index in [1.165, 1.54) is 83.1 Å². The second kappa shape index (κ2) is 15.8. The molecular formula is C55H43N. The van der Waals surface area contributed by atoms with Crippen LogP contribution in [0.1, 0.15) is 40.7 Å². The molecule has 1 heteroatoms. The highest BCUT2D eigenvalue weighted by molar-refractivity contribution is 6.09. The van der Waals surface area contributed by atoms with E-state index in [-0.39, 0.29) is 5.92 Å². The highest BCUT2D eigenvalue weighted by Gasteiger charge is 2.19. The molecule has 9 rings (SSSR count). The lowest BCUT2D eigenvalue weighted by molar-refractivity contribution is 0.977. The standard InChI is InChI=1S/C55H43N/c1-2-15-41(28-26-40-27-37-54-52(38-40)51-24-12-13-25-53(51)56(54)50-22-10-5-11-23-50)48-20-14-21-49(39-48)55(46-33-29-44(30-34-46)42-16-6-3-7-17-42)47-35-31-45(32-36-47)43-18-8-4-9-19-43/h2-25,27-39,55H,26H2,1H3/b15-2-,41-28+. The van der Waals surface area contributed by atoms with Gasteiger partial charge in [0.25, 0.3) is 0 Å². The lowest BCUT2D eigenvalue weighted by Crippen LogP contribution is -2.04. The topological polar surface area (TPSA) is 4.93 Å². The first-order valence-corrected chi connectivity index (χ1v) is 19.5. The third kappa shape index (κ3) is 7.04. The number of hydrogen-bond acceptors (Lipinski definition) is 0. The molecule has 268 valence electrons. The van der Waals surface area contributed by atoms with Crippen molar-refractivity contribution in [3.63, 3.8) is 0 Å². The molecule has 0 unspecified atom stereocenters. The number of nitrogens with zero attached hydrogens (tertiary/aromatic N) is 1. The Morgan fingerprint density at radius 2 is 1.02 bits per heavy atom. The van der Waals surface area contributed by atoms with Crippen LogP contribution < -0.4 is 0 Å². The van der Waals surface area contributed by atoms with Crippen molar-refractivity contribution in [3.05, 3.63) is 252 Å². The van der Waals surface area contributed by atoms with Crippen molar-refractivity contribution in [1.82, 2.24) is 4.57 Å². The van der Waals surface area contributed by atoms with Gasteiger partial charge in [-0.15, -0.1) is 0 Å². The molecule has 0 aliphatic heterocycles. The van der Waals surface area contributed by atoms with Gasteiger partial charge in [0, 0.05) is 22.4 Å². The van der Waals surface area contributed by atoms with Crippen LogP contribution in [0.2, 0.25) is 0 Å². The number of aromatic nitrogens is 1. The maximum Gasteiger partial charge on any atom is 0.0541 e. The van der Waals surface area contributed by atoms with Crippen LogP contribution in [0.5, 0.6) is 0 Å². The minimum atomic E-state index is 0.0702. The number of benzene rings is 8. The number of fused-ring (bicyclic) bond motifs is 3. The molecule has 1 aromatic heterocycles. The van der Waals surface area contributed by atoms with E-state index in [1.807, 2.05) is 0 Å². The first kappa shape index (κ1) is 34.8. The number of para-hydroxylation sites is 2. The Morgan fingerprint density at radius 3 is 1.64 bits per heavy atom. The maximum atomic E-state index is 2.39. The van der Waals surface area contributed by atoms with Crippen molar-refractivity contribution in [2.24, 2.45) is 0 Å². The summed E-state index contributed by atoms with van der Waals surface area (Å²) in [6.45, 7) is 2.10. The van der Waals surface area contributed by atoms with Crippen molar-refractivity contribution in [2.45, 2.75) is 19.3 Å². The SMILES string of the molecule is C/C=C\C(=C/Cc1ccc2c(c1)c1ccccc1n2-c1ccccc1)c1cccc(C(c2ccc(-c3ccccc3)cc2)c2ccc(-c3ccccc3)cc2)c1. The van der Waals surface area contributed by atoms with Gasteiger partial charge in [0.05, 0.1) is 11.0 Å². The zero-order chi connectivity index (χ0) is 37.7. The predicted octanol–water partition coefficient (Wildman–Crippen LogP) is 14.5. The average Bonchev–Trinajstić information content (AvgIpc) is 3.60. The molecule has 8 aromatic carbocycles. The Morgan fingerprint density at radius 1 is 0.464 bits per heavy atom. The summed E-state index contributed by atoms with van der Waals surface area (Å²) in [5, 5.41) is 2.56. The highest BCUT2D eigenvalue weighted by atomic mass is 15.0. The second-order valence-electron chi connectivity index (χ2n) is 14.4. The Hall–Kier alpha value is -6.96. The summed E-state index contributed by atoms with van der Waals surface area (Å²) >= 11 is 0. The normalized spacial score (nSPS) is 11.9. The van der Waals surface area contributed by atoms with Crippen molar-refractivity contribution >= 4 is 27.4 Å². The molecular weight excluding hydrogens is 675 g/mol. The quantitative estimate of drug-likeness (QED) is 0.0980. The van der Waals surface area contributed by atoms with Gasteiger partial charge < -0.3 is 4.57 Å². The van der Waals surface area contributed by atoms with Gasteiger partial charge in [-0.05, 0) is 99.3 Å². The van der Waals surface area contributed by atoms with E-state index in [0.717, 1.165) is 6.42 Å². The largest absolute Gasteiger partial charge is 0.309 e. The van der Waals surface area contributed by atoms with Crippen molar-refractivity contribution in [3.8, 4) is 27.9 Å². The Labute approximate surface area is 330 Å². The van der Waals surface area contributed by atoms with Gasteiger partial charge in [-0.1, -0.05) is 194 Å². The summed E-state index contributed by atoms with van der Waals surface area (Å²) < 4.78 is 2.38. The molecule has 1 nitrogen and oxygen atoms in total. The average molecular weight is 718 g/mol. The minimum absolute atomic E-state index is 0.0702. The molecule has 0 atom stereocenters. The fourth-order valence-corrected chi connectivity index (χ4v) is 8.16. The first-order valence-electron chi connectivity index (χ1n) is 19.5. The van der Waals surface area contributed by atoms with Crippen LogP contribution in [0.3, 0.4) is 0 Å². The number of allylic oxidation sites excluding steroid dienone is 4. The molecule has 0 bridgehead atoms. The zero-order valence-corrected chi connectivity index (χ0v) is 31.6. The molecule has 0 saturated carbocycles. The van der Waals surface area contributed by atoms with Gasteiger partial charge in [0.1, 0.15) is 0 Å². The third-order valence-corrected chi connectivity index (χ3v) is 10.9. The van der Waals surface area contributed by atoms with Gasteiger partial charge in [0.2, 0.25) is 0 Å². The molecule has 0 fully saturated rings.